The smallest absolute Gasteiger partial charge is 0.165 e. The maximum absolute atomic E-state index is 6.16. The second kappa shape index (κ2) is 9.04. The van der Waals surface area contributed by atoms with E-state index < -0.39 is 0 Å². The molecular formula is C26H27N9O. The van der Waals surface area contributed by atoms with Gasteiger partial charge in [0.2, 0.25) is 0 Å². The van der Waals surface area contributed by atoms with Crippen molar-refractivity contribution >= 4 is 17.2 Å². The lowest BCUT2D eigenvalue weighted by Crippen LogP contribution is -2.48. The van der Waals surface area contributed by atoms with Gasteiger partial charge in [0.15, 0.2) is 17.4 Å². The molecule has 0 saturated carbocycles. The highest BCUT2D eigenvalue weighted by Crippen LogP contribution is 2.31. The van der Waals surface area contributed by atoms with Crippen LogP contribution >= 0.6 is 0 Å². The number of fused-ring (bicyclic) bond motifs is 1. The number of aromatic nitrogens is 7. The van der Waals surface area contributed by atoms with E-state index in [-0.39, 0.29) is 0 Å². The number of rotatable bonds is 7. The first kappa shape index (κ1) is 22.2. The molecule has 182 valence electrons. The van der Waals surface area contributed by atoms with Gasteiger partial charge >= 0.3 is 0 Å². The number of nitrogens with zero attached hydrogens (tertiary/aromatic N) is 8. The van der Waals surface area contributed by atoms with Crippen LogP contribution in [0.15, 0.2) is 61.2 Å². The van der Waals surface area contributed by atoms with Gasteiger partial charge in [0.1, 0.15) is 18.1 Å². The number of pyridine rings is 2. The highest BCUT2D eigenvalue weighted by atomic mass is 16.5. The first-order chi connectivity index (χ1) is 17.5. The molecule has 0 amide bonds. The predicted molar refractivity (Wildman–Crippen MR) is 137 cm³/mol. The molecule has 0 unspecified atom stereocenters. The molecule has 0 bridgehead atoms. The van der Waals surface area contributed by atoms with Crippen LogP contribution in [-0.2, 0) is 7.05 Å². The van der Waals surface area contributed by atoms with E-state index in [1.807, 2.05) is 59.7 Å². The Labute approximate surface area is 208 Å². The Morgan fingerprint density at radius 3 is 2.75 bits per heavy atom. The second-order valence-corrected chi connectivity index (χ2v) is 9.11. The minimum atomic E-state index is 0.466. The average Bonchev–Trinajstić information content (AvgIpc) is 3.45. The van der Waals surface area contributed by atoms with Crippen LogP contribution < -0.4 is 10.1 Å². The maximum Gasteiger partial charge on any atom is 0.165 e. The Morgan fingerprint density at radius 2 is 1.97 bits per heavy atom. The molecule has 1 N–H and O–H groups in total. The zero-order chi connectivity index (χ0) is 24.6. The van der Waals surface area contributed by atoms with E-state index in [9.17, 15) is 0 Å². The summed E-state index contributed by atoms with van der Waals surface area (Å²) in [6, 6.07) is 12.3. The number of ether oxygens (including phenoxy) is 1. The zero-order valence-electron chi connectivity index (χ0n) is 20.5. The molecule has 36 heavy (non-hydrogen) atoms. The minimum absolute atomic E-state index is 0.466. The van der Waals surface area contributed by atoms with E-state index in [1.54, 1.807) is 18.6 Å². The standard InChI is InChI=1S/C26H27N9O/c1-17-11-23(31-26(29-17)19-5-4-8-27-14-19)30-24-13-21-12-18(6-10-35(21)32-24)25-22(15-28-34(25)3)36-16-20-7-9-33(20)2/h4-6,8,10-15,20H,7,9,16H2,1-3H3,(H,29,30,31,32)/t20-/m1/s1. The van der Waals surface area contributed by atoms with Crippen molar-refractivity contribution in [1.82, 2.24) is 39.2 Å². The Kier molecular flexibility index (Phi) is 5.57. The summed E-state index contributed by atoms with van der Waals surface area (Å²) in [4.78, 5) is 15.7. The van der Waals surface area contributed by atoms with Crippen molar-refractivity contribution in [2.24, 2.45) is 7.05 Å². The van der Waals surface area contributed by atoms with Crippen LogP contribution in [0.1, 0.15) is 12.1 Å². The predicted octanol–water partition coefficient (Wildman–Crippen LogP) is 3.72. The third-order valence-electron chi connectivity index (χ3n) is 6.54. The summed E-state index contributed by atoms with van der Waals surface area (Å²) in [5.41, 5.74) is 4.63. The molecular weight excluding hydrogens is 454 g/mol. The summed E-state index contributed by atoms with van der Waals surface area (Å²) in [5, 5.41) is 12.4. The normalized spacial score (nSPS) is 15.7. The summed E-state index contributed by atoms with van der Waals surface area (Å²) in [6.07, 6.45) is 8.39. The first-order valence-corrected chi connectivity index (χ1v) is 11.9. The molecule has 5 aromatic heterocycles. The molecule has 0 aliphatic carbocycles. The van der Waals surface area contributed by atoms with E-state index in [0.717, 1.165) is 40.3 Å². The lowest BCUT2D eigenvalue weighted by Gasteiger charge is -2.37. The fraction of sp³-hybridized carbons (Fsp3) is 0.269. The van der Waals surface area contributed by atoms with E-state index in [1.165, 1.54) is 6.42 Å². The van der Waals surface area contributed by atoms with Crippen molar-refractivity contribution in [3.63, 3.8) is 0 Å². The summed E-state index contributed by atoms with van der Waals surface area (Å²) in [5.74, 6) is 2.78. The Balaban J connectivity index is 1.26. The molecule has 6 heterocycles. The minimum Gasteiger partial charge on any atom is -0.488 e. The zero-order valence-corrected chi connectivity index (χ0v) is 20.5. The van der Waals surface area contributed by atoms with Gasteiger partial charge in [0.05, 0.1) is 11.7 Å². The van der Waals surface area contributed by atoms with E-state index in [4.69, 9.17) is 4.74 Å². The van der Waals surface area contributed by atoms with Gasteiger partial charge in [-0.3, -0.25) is 14.6 Å². The Hall–Kier alpha value is -4.31. The van der Waals surface area contributed by atoms with Gasteiger partial charge < -0.3 is 10.1 Å². The molecule has 0 spiro atoms. The SMILES string of the molecule is Cc1cc(Nc2cc3cc(-c4c(OC[C@H]5CCN5C)cnn4C)ccn3n2)nc(-c2cccnc2)n1. The Bertz CT molecular complexity index is 1530. The van der Waals surface area contributed by atoms with E-state index >= 15 is 0 Å². The number of nitrogens with one attached hydrogen (secondary N) is 1. The number of anilines is 2. The van der Waals surface area contributed by atoms with Crippen molar-refractivity contribution in [2.75, 3.05) is 25.5 Å². The molecule has 1 aliphatic rings. The van der Waals surface area contributed by atoms with Gasteiger partial charge in [0, 0.05) is 60.6 Å². The molecule has 0 radical (unpaired) electrons. The molecule has 5 aromatic rings. The number of hydrogen-bond donors (Lipinski definition) is 1. The van der Waals surface area contributed by atoms with Crippen molar-refractivity contribution in [1.29, 1.82) is 0 Å². The van der Waals surface area contributed by atoms with Crippen LogP contribution in [0, 0.1) is 6.92 Å². The van der Waals surface area contributed by atoms with Gasteiger partial charge in [-0.1, -0.05) is 0 Å². The highest BCUT2D eigenvalue weighted by molar-refractivity contribution is 5.73. The summed E-state index contributed by atoms with van der Waals surface area (Å²) >= 11 is 0. The first-order valence-electron chi connectivity index (χ1n) is 11.9. The van der Waals surface area contributed by atoms with Gasteiger partial charge in [0.25, 0.3) is 0 Å². The summed E-state index contributed by atoms with van der Waals surface area (Å²) < 4.78 is 9.85. The van der Waals surface area contributed by atoms with Crippen molar-refractivity contribution in [3.8, 4) is 28.4 Å². The third-order valence-corrected chi connectivity index (χ3v) is 6.54. The monoisotopic (exact) mass is 481 g/mol. The van der Waals surface area contributed by atoms with Gasteiger partial charge in [-0.05, 0) is 51.2 Å². The maximum atomic E-state index is 6.16. The van der Waals surface area contributed by atoms with Crippen LogP contribution in [0.5, 0.6) is 5.75 Å². The van der Waals surface area contributed by atoms with Crippen LogP contribution in [0.3, 0.4) is 0 Å². The number of likely N-dealkylation sites (N-methyl/N-ethyl adjacent to an activating group) is 1. The fourth-order valence-electron chi connectivity index (χ4n) is 4.41. The van der Waals surface area contributed by atoms with Crippen molar-refractivity contribution < 1.29 is 4.74 Å². The van der Waals surface area contributed by atoms with Crippen molar-refractivity contribution in [3.05, 3.63) is 66.9 Å². The molecule has 1 saturated heterocycles. The lowest BCUT2D eigenvalue weighted by atomic mass is 10.1. The number of likely N-dealkylation sites (tertiary alicyclic amines) is 1. The third kappa shape index (κ3) is 4.27. The molecule has 0 aromatic carbocycles. The molecule has 1 fully saturated rings. The van der Waals surface area contributed by atoms with Crippen LogP contribution in [-0.4, -0.2) is 65.5 Å². The van der Waals surface area contributed by atoms with Crippen LogP contribution in [0.4, 0.5) is 11.6 Å². The summed E-state index contributed by atoms with van der Waals surface area (Å²) in [7, 11) is 4.06. The molecule has 1 aliphatic heterocycles. The second-order valence-electron chi connectivity index (χ2n) is 9.11. The summed E-state index contributed by atoms with van der Waals surface area (Å²) in [6.45, 7) is 3.73. The molecule has 1 atom stereocenters. The average molecular weight is 482 g/mol. The molecule has 10 nitrogen and oxygen atoms in total. The van der Waals surface area contributed by atoms with Gasteiger partial charge in [-0.2, -0.15) is 10.2 Å². The molecule has 10 heteroatoms. The molecule has 6 rings (SSSR count). The Morgan fingerprint density at radius 1 is 1.06 bits per heavy atom. The largest absolute Gasteiger partial charge is 0.488 e. The van der Waals surface area contributed by atoms with E-state index in [2.05, 4.69) is 48.5 Å². The van der Waals surface area contributed by atoms with Crippen molar-refractivity contribution in [2.45, 2.75) is 19.4 Å². The quantitative estimate of drug-likeness (QED) is 0.376. The van der Waals surface area contributed by atoms with E-state index in [0.29, 0.717) is 30.1 Å². The van der Waals surface area contributed by atoms with Gasteiger partial charge in [-0.25, -0.2) is 14.5 Å². The number of aryl methyl sites for hydroxylation is 2. The lowest BCUT2D eigenvalue weighted by molar-refractivity contribution is 0.0771. The van der Waals surface area contributed by atoms with Crippen LogP contribution in [0.25, 0.3) is 28.2 Å². The number of hydrogen-bond acceptors (Lipinski definition) is 8. The van der Waals surface area contributed by atoms with Gasteiger partial charge in [-0.15, -0.1) is 0 Å². The highest BCUT2D eigenvalue weighted by Gasteiger charge is 2.25. The topological polar surface area (TPSA) is 98.3 Å². The van der Waals surface area contributed by atoms with Crippen LogP contribution in [0.2, 0.25) is 0 Å². The fourth-order valence-corrected chi connectivity index (χ4v) is 4.41.